The number of aliphatic hydroxyl groups is 1. The average molecular weight is 307 g/mol. The fourth-order valence-electron chi connectivity index (χ4n) is 2.86. The molecule has 5 heteroatoms. The summed E-state index contributed by atoms with van der Waals surface area (Å²) in [5, 5.41) is 13.7. The summed E-state index contributed by atoms with van der Waals surface area (Å²) in [4.78, 5) is 4.48. The molecule has 1 aromatic carbocycles. The van der Waals surface area contributed by atoms with E-state index in [1.54, 1.807) is 6.26 Å². The molecule has 1 fully saturated rings. The summed E-state index contributed by atoms with van der Waals surface area (Å²) in [5.41, 5.74) is 1.56. The lowest BCUT2D eigenvalue weighted by molar-refractivity contribution is 0.162. The van der Waals surface area contributed by atoms with E-state index >= 15 is 0 Å². The van der Waals surface area contributed by atoms with Crippen LogP contribution in [0.15, 0.2) is 34.9 Å². The Morgan fingerprint density at radius 2 is 2.14 bits per heavy atom. The minimum absolute atomic E-state index is 0.144. The van der Waals surface area contributed by atoms with Crippen LogP contribution in [0.3, 0.4) is 0 Å². The maximum atomic E-state index is 9.59. The number of oxazole rings is 1. The van der Waals surface area contributed by atoms with Gasteiger partial charge in [-0.1, -0.05) is 30.5 Å². The highest BCUT2D eigenvalue weighted by molar-refractivity contribution is 6.30. The first-order valence-corrected chi connectivity index (χ1v) is 7.65. The van der Waals surface area contributed by atoms with Crippen LogP contribution in [-0.2, 0) is 6.54 Å². The molecule has 0 radical (unpaired) electrons. The predicted octanol–water partition coefficient (Wildman–Crippen LogP) is 3.39. The van der Waals surface area contributed by atoms with E-state index in [0.717, 1.165) is 24.1 Å². The van der Waals surface area contributed by atoms with Crippen molar-refractivity contribution in [2.24, 2.45) is 0 Å². The minimum atomic E-state index is -0.144. The number of aromatic nitrogens is 1. The molecule has 0 saturated heterocycles. The zero-order chi connectivity index (χ0) is 14.7. The van der Waals surface area contributed by atoms with Crippen molar-refractivity contribution >= 4 is 11.6 Å². The van der Waals surface area contributed by atoms with Crippen LogP contribution in [0.5, 0.6) is 0 Å². The maximum absolute atomic E-state index is 9.59. The third kappa shape index (κ3) is 3.28. The number of hydrogen-bond donors (Lipinski definition) is 2. The van der Waals surface area contributed by atoms with Gasteiger partial charge in [-0.2, -0.15) is 0 Å². The number of nitrogens with zero attached hydrogens (tertiary/aromatic N) is 1. The second kappa shape index (κ2) is 6.18. The molecular weight excluding hydrogens is 288 g/mol. The molecule has 1 heterocycles. The second-order valence-electron chi connectivity index (χ2n) is 5.65. The quantitative estimate of drug-likeness (QED) is 0.889. The Kier molecular flexibility index (Phi) is 4.29. The zero-order valence-electron chi connectivity index (χ0n) is 11.8. The molecule has 1 aromatic heterocycles. The van der Waals surface area contributed by atoms with Crippen LogP contribution in [0, 0.1) is 0 Å². The van der Waals surface area contributed by atoms with Gasteiger partial charge in [0.05, 0.1) is 12.3 Å². The molecule has 0 amide bonds. The molecule has 0 spiro atoms. The number of aliphatic hydroxyl groups excluding tert-OH is 1. The highest BCUT2D eigenvalue weighted by atomic mass is 35.5. The monoisotopic (exact) mass is 306 g/mol. The number of nitrogens with one attached hydrogen (secondary N) is 1. The minimum Gasteiger partial charge on any atom is -0.444 e. The first-order valence-electron chi connectivity index (χ1n) is 7.27. The highest BCUT2D eigenvalue weighted by Crippen LogP contribution is 2.29. The molecule has 4 nitrogen and oxygen atoms in total. The van der Waals surface area contributed by atoms with E-state index in [2.05, 4.69) is 10.3 Å². The molecule has 2 N–H and O–H groups in total. The summed E-state index contributed by atoms with van der Waals surface area (Å²) >= 11 is 5.98. The second-order valence-corrected chi connectivity index (χ2v) is 6.09. The third-order valence-corrected chi connectivity index (χ3v) is 4.37. The molecule has 1 aliphatic rings. The number of rotatable bonds is 5. The molecule has 0 unspecified atom stereocenters. The number of benzene rings is 1. The SMILES string of the molecule is OCC1(NCc2coc(-c3cccc(Cl)c3)n2)CCCC1. The Balaban J connectivity index is 1.68. The first kappa shape index (κ1) is 14.6. The maximum Gasteiger partial charge on any atom is 0.226 e. The van der Waals surface area contributed by atoms with Crippen molar-refractivity contribution in [2.45, 2.75) is 37.8 Å². The normalized spacial score (nSPS) is 17.2. The molecular formula is C16H19ClN2O2. The number of hydrogen-bond acceptors (Lipinski definition) is 4. The molecule has 0 aliphatic heterocycles. The Morgan fingerprint density at radius 3 is 2.86 bits per heavy atom. The van der Waals surface area contributed by atoms with Crippen LogP contribution in [0.4, 0.5) is 0 Å². The summed E-state index contributed by atoms with van der Waals surface area (Å²) in [6.07, 6.45) is 6.02. The molecule has 0 bridgehead atoms. The van der Waals surface area contributed by atoms with Gasteiger partial charge in [0.1, 0.15) is 6.26 Å². The van der Waals surface area contributed by atoms with Crippen LogP contribution in [0.2, 0.25) is 5.02 Å². The molecule has 3 rings (SSSR count). The smallest absolute Gasteiger partial charge is 0.226 e. The summed E-state index contributed by atoms with van der Waals surface area (Å²) in [6, 6.07) is 7.44. The van der Waals surface area contributed by atoms with Gasteiger partial charge < -0.3 is 14.8 Å². The fraction of sp³-hybridized carbons (Fsp3) is 0.438. The van der Waals surface area contributed by atoms with Crippen molar-refractivity contribution in [3.8, 4) is 11.5 Å². The van der Waals surface area contributed by atoms with Crippen LogP contribution in [0.1, 0.15) is 31.4 Å². The first-order chi connectivity index (χ1) is 10.2. The Labute approximate surface area is 129 Å². The highest BCUT2D eigenvalue weighted by Gasteiger charge is 2.32. The van der Waals surface area contributed by atoms with Gasteiger partial charge >= 0.3 is 0 Å². The Morgan fingerprint density at radius 1 is 1.33 bits per heavy atom. The van der Waals surface area contributed by atoms with Gasteiger partial charge in [-0.3, -0.25) is 0 Å². The molecule has 0 atom stereocenters. The summed E-state index contributed by atoms with van der Waals surface area (Å²) in [6.45, 7) is 0.774. The predicted molar refractivity (Wildman–Crippen MR) is 82.1 cm³/mol. The van der Waals surface area contributed by atoms with E-state index in [1.807, 2.05) is 24.3 Å². The lowest BCUT2D eigenvalue weighted by Crippen LogP contribution is -2.45. The molecule has 21 heavy (non-hydrogen) atoms. The van der Waals surface area contributed by atoms with Crippen molar-refractivity contribution in [2.75, 3.05) is 6.61 Å². The van der Waals surface area contributed by atoms with Crippen molar-refractivity contribution in [3.05, 3.63) is 41.2 Å². The van der Waals surface area contributed by atoms with E-state index in [0.29, 0.717) is 17.5 Å². The van der Waals surface area contributed by atoms with Gasteiger partial charge in [-0.25, -0.2) is 4.98 Å². The molecule has 1 aliphatic carbocycles. The van der Waals surface area contributed by atoms with Crippen LogP contribution in [-0.4, -0.2) is 22.2 Å². The molecule has 1 saturated carbocycles. The van der Waals surface area contributed by atoms with Gasteiger partial charge in [0.2, 0.25) is 5.89 Å². The van der Waals surface area contributed by atoms with E-state index < -0.39 is 0 Å². The van der Waals surface area contributed by atoms with Gasteiger partial charge in [0.15, 0.2) is 0 Å². The summed E-state index contributed by atoms with van der Waals surface area (Å²) < 4.78 is 5.52. The average Bonchev–Trinajstić information content (AvgIpc) is 3.15. The van der Waals surface area contributed by atoms with Gasteiger partial charge in [-0.05, 0) is 31.0 Å². The molecule has 2 aromatic rings. The standard InChI is InChI=1S/C16H19ClN2O2/c17-13-5-3-4-12(8-13)15-19-14(10-21-15)9-18-16(11-20)6-1-2-7-16/h3-5,8,10,18,20H,1-2,6-7,9,11H2. The van der Waals surface area contributed by atoms with E-state index in [1.165, 1.54) is 12.8 Å². The topological polar surface area (TPSA) is 58.3 Å². The van der Waals surface area contributed by atoms with E-state index in [-0.39, 0.29) is 12.1 Å². The van der Waals surface area contributed by atoms with Gasteiger partial charge in [-0.15, -0.1) is 0 Å². The van der Waals surface area contributed by atoms with Gasteiger partial charge in [0, 0.05) is 22.7 Å². The van der Waals surface area contributed by atoms with Crippen LogP contribution < -0.4 is 5.32 Å². The molecule has 112 valence electrons. The van der Waals surface area contributed by atoms with Crippen molar-refractivity contribution in [3.63, 3.8) is 0 Å². The number of halogens is 1. The Bertz CT molecular complexity index is 606. The third-order valence-electron chi connectivity index (χ3n) is 4.13. The largest absolute Gasteiger partial charge is 0.444 e. The fourth-order valence-corrected chi connectivity index (χ4v) is 3.05. The lowest BCUT2D eigenvalue weighted by atomic mass is 9.99. The van der Waals surface area contributed by atoms with Crippen molar-refractivity contribution in [1.29, 1.82) is 0 Å². The van der Waals surface area contributed by atoms with E-state index in [9.17, 15) is 5.11 Å². The lowest BCUT2D eigenvalue weighted by Gasteiger charge is -2.27. The zero-order valence-corrected chi connectivity index (χ0v) is 12.6. The van der Waals surface area contributed by atoms with Gasteiger partial charge in [0.25, 0.3) is 0 Å². The summed E-state index contributed by atoms with van der Waals surface area (Å²) in [7, 11) is 0. The Hall–Kier alpha value is -1.36. The van der Waals surface area contributed by atoms with Crippen molar-refractivity contribution < 1.29 is 9.52 Å². The van der Waals surface area contributed by atoms with Crippen LogP contribution >= 0.6 is 11.6 Å². The van der Waals surface area contributed by atoms with E-state index in [4.69, 9.17) is 16.0 Å². The summed E-state index contributed by atoms with van der Waals surface area (Å²) in [5.74, 6) is 0.568. The van der Waals surface area contributed by atoms with Crippen LogP contribution in [0.25, 0.3) is 11.5 Å². The van der Waals surface area contributed by atoms with Crippen molar-refractivity contribution in [1.82, 2.24) is 10.3 Å².